The van der Waals surface area contributed by atoms with Gasteiger partial charge in [0.1, 0.15) is 0 Å². The average molecular weight is 192 g/mol. The van der Waals surface area contributed by atoms with Crippen molar-refractivity contribution >= 4 is 6.08 Å². The van der Waals surface area contributed by atoms with E-state index in [0.717, 1.165) is 11.1 Å². The molecule has 1 rings (SSSR count). The van der Waals surface area contributed by atoms with E-state index >= 15 is 0 Å². The number of hydrogen-bond donors (Lipinski definition) is 1. The van der Waals surface area contributed by atoms with Crippen LogP contribution in [0.1, 0.15) is 18.1 Å². The first-order chi connectivity index (χ1) is 6.76. The smallest absolute Gasteiger partial charge is 0.0782 e. The van der Waals surface area contributed by atoms with Gasteiger partial charge < -0.3 is 9.84 Å². The van der Waals surface area contributed by atoms with E-state index < -0.39 is 0 Å². The maximum absolute atomic E-state index is 8.76. The summed E-state index contributed by atoms with van der Waals surface area (Å²) in [7, 11) is 0. The highest BCUT2D eigenvalue weighted by Gasteiger charge is 1.99. The quantitative estimate of drug-likeness (QED) is 0.775. The summed E-state index contributed by atoms with van der Waals surface area (Å²) in [5.74, 6) is 0. The average Bonchev–Trinajstić information content (AvgIpc) is 2.26. The SMILES string of the molecule is C=Cc1ccc(COC(C)CO)cc1. The maximum Gasteiger partial charge on any atom is 0.0782 e. The molecule has 0 aliphatic carbocycles. The highest BCUT2D eigenvalue weighted by atomic mass is 16.5. The Labute approximate surface area is 84.8 Å². The zero-order valence-corrected chi connectivity index (χ0v) is 8.44. The van der Waals surface area contributed by atoms with Gasteiger partial charge in [0.2, 0.25) is 0 Å². The molecule has 0 aromatic heterocycles. The van der Waals surface area contributed by atoms with Gasteiger partial charge in [-0.05, 0) is 18.1 Å². The van der Waals surface area contributed by atoms with Crippen LogP contribution in [-0.2, 0) is 11.3 Å². The first kappa shape index (κ1) is 11.0. The fourth-order valence-corrected chi connectivity index (χ4v) is 1.04. The zero-order valence-electron chi connectivity index (χ0n) is 8.44. The summed E-state index contributed by atoms with van der Waals surface area (Å²) in [6.07, 6.45) is 1.70. The first-order valence-electron chi connectivity index (χ1n) is 4.70. The van der Waals surface area contributed by atoms with Gasteiger partial charge in [-0.15, -0.1) is 0 Å². The van der Waals surface area contributed by atoms with Crippen molar-refractivity contribution in [1.29, 1.82) is 0 Å². The minimum absolute atomic E-state index is 0.0603. The van der Waals surface area contributed by atoms with Gasteiger partial charge in [0.05, 0.1) is 19.3 Å². The zero-order chi connectivity index (χ0) is 10.4. The molecule has 0 spiro atoms. The molecule has 0 aliphatic heterocycles. The molecule has 0 fully saturated rings. The second-order valence-electron chi connectivity index (χ2n) is 3.25. The van der Waals surface area contributed by atoms with E-state index in [1.807, 2.05) is 31.2 Å². The van der Waals surface area contributed by atoms with E-state index in [4.69, 9.17) is 9.84 Å². The van der Waals surface area contributed by atoms with Gasteiger partial charge in [0.15, 0.2) is 0 Å². The number of rotatable bonds is 5. The van der Waals surface area contributed by atoms with Crippen molar-refractivity contribution in [1.82, 2.24) is 0 Å². The minimum atomic E-state index is -0.103. The topological polar surface area (TPSA) is 29.5 Å². The van der Waals surface area contributed by atoms with E-state index in [1.54, 1.807) is 6.08 Å². The molecule has 0 amide bonds. The van der Waals surface area contributed by atoms with Crippen LogP contribution in [0.2, 0.25) is 0 Å². The molecular weight excluding hydrogens is 176 g/mol. The van der Waals surface area contributed by atoms with Crippen LogP contribution in [0.5, 0.6) is 0 Å². The van der Waals surface area contributed by atoms with Crippen molar-refractivity contribution in [3.05, 3.63) is 42.0 Å². The molecule has 1 aromatic rings. The summed E-state index contributed by atoms with van der Waals surface area (Å²) in [6.45, 7) is 6.13. The third-order valence-corrected chi connectivity index (χ3v) is 2.01. The molecule has 0 radical (unpaired) electrons. The van der Waals surface area contributed by atoms with Gasteiger partial charge in [-0.2, -0.15) is 0 Å². The van der Waals surface area contributed by atoms with Gasteiger partial charge in [0, 0.05) is 0 Å². The molecule has 0 saturated carbocycles. The Hall–Kier alpha value is -1.12. The van der Waals surface area contributed by atoms with Gasteiger partial charge in [-0.25, -0.2) is 0 Å². The predicted octanol–water partition coefficient (Wildman–Crippen LogP) is 2.23. The summed E-state index contributed by atoms with van der Waals surface area (Å²) in [5.41, 5.74) is 2.21. The van der Waals surface area contributed by atoms with Crippen LogP contribution in [0.3, 0.4) is 0 Å². The number of benzene rings is 1. The Balaban J connectivity index is 2.47. The Bertz CT molecular complexity index is 277. The van der Waals surface area contributed by atoms with Crippen LogP contribution >= 0.6 is 0 Å². The summed E-state index contributed by atoms with van der Waals surface area (Å²) in [6, 6.07) is 7.99. The standard InChI is InChI=1S/C12H16O2/c1-3-11-4-6-12(7-5-11)9-14-10(2)8-13/h3-7,10,13H,1,8-9H2,2H3. The summed E-state index contributed by atoms with van der Waals surface area (Å²) >= 11 is 0. The van der Waals surface area contributed by atoms with Gasteiger partial charge in [-0.3, -0.25) is 0 Å². The molecule has 76 valence electrons. The fourth-order valence-electron chi connectivity index (χ4n) is 1.04. The maximum atomic E-state index is 8.76. The number of aliphatic hydroxyl groups excluding tert-OH is 1. The van der Waals surface area contributed by atoms with Crippen LogP contribution in [-0.4, -0.2) is 17.8 Å². The second kappa shape index (κ2) is 5.58. The van der Waals surface area contributed by atoms with Crippen molar-refractivity contribution in [3.63, 3.8) is 0 Å². The monoisotopic (exact) mass is 192 g/mol. The van der Waals surface area contributed by atoms with Gasteiger partial charge in [0.25, 0.3) is 0 Å². The molecule has 0 aliphatic rings. The van der Waals surface area contributed by atoms with Crippen LogP contribution in [0.25, 0.3) is 6.08 Å². The second-order valence-corrected chi connectivity index (χ2v) is 3.25. The third kappa shape index (κ3) is 3.32. The Morgan fingerprint density at radius 2 is 2.07 bits per heavy atom. The van der Waals surface area contributed by atoms with Gasteiger partial charge in [-0.1, -0.05) is 36.9 Å². The molecule has 1 atom stereocenters. The van der Waals surface area contributed by atoms with E-state index in [0.29, 0.717) is 6.61 Å². The van der Waals surface area contributed by atoms with E-state index in [1.165, 1.54) is 0 Å². The van der Waals surface area contributed by atoms with E-state index in [-0.39, 0.29) is 12.7 Å². The van der Waals surface area contributed by atoms with Crippen molar-refractivity contribution in [2.24, 2.45) is 0 Å². The Kier molecular flexibility index (Phi) is 4.36. The van der Waals surface area contributed by atoms with E-state index in [2.05, 4.69) is 6.58 Å². The predicted molar refractivity (Wildman–Crippen MR) is 57.9 cm³/mol. The lowest BCUT2D eigenvalue weighted by atomic mass is 10.1. The summed E-state index contributed by atoms with van der Waals surface area (Å²) < 4.78 is 5.37. The highest BCUT2D eigenvalue weighted by Crippen LogP contribution is 2.07. The molecular formula is C12H16O2. The van der Waals surface area contributed by atoms with Crippen molar-refractivity contribution < 1.29 is 9.84 Å². The van der Waals surface area contributed by atoms with Gasteiger partial charge >= 0.3 is 0 Å². The largest absolute Gasteiger partial charge is 0.394 e. The summed E-state index contributed by atoms with van der Waals surface area (Å²) in [4.78, 5) is 0. The van der Waals surface area contributed by atoms with Crippen molar-refractivity contribution in [2.75, 3.05) is 6.61 Å². The lowest BCUT2D eigenvalue weighted by Crippen LogP contribution is -2.12. The molecule has 14 heavy (non-hydrogen) atoms. The Morgan fingerprint density at radius 1 is 1.43 bits per heavy atom. The lowest BCUT2D eigenvalue weighted by Gasteiger charge is -2.09. The van der Waals surface area contributed by atoms with Crippen molar-refractivity contribution in [3.8, 4) is 0 Å². The normalized spacial score (nSPS) is 12.4. The van der Waals surface area contributed by atoms with Crippen LogP contribution < -0.4 is 0 Å². The van der Waals surface area contributed by atoms with Crippen LogP contribution in [0, 0.1) is 0 Å². The van der Waals surface area contributed by atoms with E-state index in [9.17, 15) is 0 Å². The third-order valence-electron chi connectivity index (χ3n) is 2.01. The Morgan fingerprint density at radius 3 is 2.57 bits per heavy atom. The molecule has 0 bridgehead atoms. The molecule has 1 unspecified atom stereocenters. The van der Waals surface area contributed by atoms with Crippen LogP contribution in [0.15, 0.2) is 30.8 Å². The molecule has 2 nitrogen and oxygen atoms in total. The number of aliphatic hydroxyl groups is 1. The molecule has 2 heteroatoms. The first-order valence-corrected chi connectivity index (χ1v) is 4.70. The lowest BCUT2D eigenvalue weighted by molar-refractivity contribution is 0.0145. The number of hydrogen-bond acceptors (Lipinski definition) is 2. The minimum Gasteiger partial charge on any atom is -0.394 e. The molecule has 0 saturated heterocycles. The number of ether oxygens (including phenoxy) is 1. The van der Waals surface area contributed by atoms with Crippen molar-refractivity contribution in [2.45, 2.75) is 19.6 Å². The summed E-state index contributed by atoms with van der Waals surface area (Å²) in [5, 5.41) is 8.76. The molecule has 1 aromatic carbocycles. The molecule has 1 N–H and O–H groups in total. The molecule has 0 heterocycles. The fraction of sp³-hybridized carbons (Fsp3) is 0.333. The highest BCUT2D eigenvalue weighted by molar-refractivity contribution is 5.47. The van der Waals surface area contributed by atoms with Crippen LogP contribution in [0.4, 0.5) is 0 Å².